The lowest BCUT2D eigenvalue weighted by atomic mass is 10.1. The number of phenols is 1. The number of allylic oxidation sites excluding steroid dienone is 1. The van der Waals surface area contributed by atoms with Crippen LogP contribution in [0.4, 0.5) is 4.39 Å². The molecule has 4 nitrogen and oxygen atoms in total. The van der Waals surface area contributed by atoms with Gasteiger partial charge < -0.3 is 9.84 Å². The van der Waals surface area contributed by atoms with Crippen LogP contribution in [0.15, 0.2) is 48.5 Å². The quantitative estimate of drug-likeness (QED) is 0.504. The fourth-order valence-corrected chi connectivity index (χ4v) is 1.94. The van der Waals surface area contributed by atoms with Crippen molar-refractivity contribution in [3.63, 3.8) is 0 Å². The fraction of sp³-hybridized carbons (Fsp3) is 0.111. The summed E-state index contributed by atoms with van der Waals surface area (Å²) in [4.78, 5) is 23.7. The van der Waals surface area contributed by atoms with Gasteiger partial charge in [-0.2, -0.15) is 0 Å². The number of halogens is 1. The molecule has 0 radical (unpaired) electrons. The monoisotopic (exact) mass is 314 g/mol. The largest absolute Gasteiger partial charge is 0.504 e. The number of rotatable bonds is 6. The fourth-order valence-electron chi connectivity index (χ4n) is 1.94. The van der Waals surface area contributed by atoms with E-state index >= 15 is 0 Å². The van der Waals surface area contributed by atoms with Gasteiger partial charge in [0.15, 0.2) is 23.1 Å². The normalized spacial score (nSPS) is 10.7. The maximum atomic E-state index is 12.8. The first-order chi connectivity index (χ1) is 11.0. The summed E-state index contributed by atoms with van der Waals surface area (Å²) < 4.78 is 17.8. The van der Waals surface area contributed by atoms with E-state index in [9.17, 15) is 19.1 Å². The maximum absolute atomic E-state index is 12.8. The van der Waals surface area contributed by atoms with Gasteiger partial charge in [-0.1, -0.05) is 12.1 Å². The van der Waals surface area contributed by atoms with Crippen LogP contribution in [-0.2, 0) is 4.79 Å². The standard InChI is InChI=1S/C18H15FO4/c1-23-18-10-12(3-9-16(18)21)2-8-15(20)11-17(22)13-4-6-14(19)7-5-13/h2-10,21H,11H2,1H3. The number of ketones is 2. The van der Waals surface area contributed by atoms with Crippen LogP contribution in [0.3, 0.4) is 0 Å². The zero-order valence-corrected chi connectivity index (χ0v) is 12.5. The van der Waals surface area contributed by atoms with Crippen molar-refractivity contribution in [2.45, 2.75) is 6.42 Å². The molecule has 0 aromatic heterocycles. The summed E-state index contributed by atoms with van der Waals surface area (Å²) in [5.41, 5.74) is 0.946. The second kappa shape index (κ2) is 7.35. The Kier molecular flexibility index (Phi) is 5.25. The molecule has 1 N–H and O–H groups in total. The zero-order chi connectivity index (χ0) is 16.8. The Hall–Kier alpha value is -2.95. The van der Waals surface area contributed by atoms with E-state index in [0.717, 1.165) is 0 Å². The summed E-state index contributed by atoms with van der Waals surface area (Å²) in [6.07, 6.45) is 2.52. The van der Waals surface area contributed by atoms with E-state index in [1.807, 2.05) is 0 Å². The Morgan fingerprint density at radius 2 is 1.87 bits per heavy atom. The van der Waals surface area contributed by atoms with Crippen LogP contribution in [-0.4, -0.2) is 23.8 Å². The van der Waals surface area contributed by atoms with E-state index in [2.05, 4.69) is 0 Å². The Morgan fingerprint density at radius 3 is 2.52 bits per heavy atom. The average Bonchev–Trinajstić information content (AvgIpc) is 2.54. The summed E-state index contributed by atoms with van der Waals surface area (Å²) in [5, 5.41) is 9.49. The maximum Gasteiger partial charge on any atom is 0.170 e. The molecule has 0 heterocycles. The molecule has 2 rings (SSSR count). The van der Waals surface area contributed by atoms with E-state index in [1.165, 1.54) is 49.6 Å². The molecular formula is C18H15FO4. The third-order valence-electron chi connectivity index (χ3n) is 3.17. The summed E-state index contributed by atoms with van der Waals surface area (Å²) in [5.74, 6) is -0.882. The SMILES string of the molecule is COc1cc(C=CC(=O)CC(=O)c2ccc(F)cc2)ccc1O. The van der Waals surface area contributed by atoms with Crippen LogP contribution in [0.25, 0.3) is 6.08 Å². The molecule has 0 spiro atoms. The van der Waals surface area contributed by atoms with E-state index in [0.29, 0.717) is 16.9 Å². The highest BCUT2D eigenvalue weighted by molar-refractivity contribution is 6.12. The van der Waals surface area contributed by atoms with Crippen LogP contribution in [0, 0.1) is 5.82 Å². The minimum atomic E-state index is -0.436. The predicted molar refractivity (Wildman–Crippen MR) is 84.0 cm³/mol. The van der Waals surface area contributed by atoms with Gasteiger partial charge in [-0.3, -0.25) is 9.59 Å². The van der Waals surface area contributed by atoms with Crippen molar-refractivity contribution >= 4 is 17.6 Å². The molecule has 0 unspecified atom stereocenters. The van der Waals surface area contributed by atoms with Gasteiger partial charge in [0.1, 0.15) is 5.82 Å². The number of hydrogen-bond donors (Lipinski definition) is 1. The minimum Gasteiger partial charge on any atom is -0.504 e. The number of benzene rings is 2. The van der Waals surface area contributed by atoms with Crippen molar-refractivity contribution in [2.75, 3.05) is 7.11 Å². The molecule has 0 saturated heterocycles. The molecule has 5 heteroatoms. The summed E-state index contributed by atoms with van der Waals surface area (Å²) in [6.45, 7) is 0. The third-order valence-corrected chi connectivity index (χ3v) is 3.17. The number of Topliss-reactive ketones (excluding diaryl/α,β-unsaturated/α-hetero) is 1. The highest BCUT2D eigenvalue weighted by Crippen LogP contribution is 2.26. The van der Waals surface area contributed by atoms with E-state index in [-0.39, 0.29) is 23.7 Å². The van der Waals surface area contributed by atoms with E-state index in [4.69, 9.17) is 4.74 Å². The average molecular weight is 314 g/mol. The molecule has 0 bridgehead atoms. The molecule has 0 saturated carbocycles. The summed E-state index contributed by atoms with van der Waals surface area (Å²) >= 11 is 0. The lowest BCUT2D eigenvalue weighted by Crippen LogP contribution is -2.05. The number of phenolic OH excluding ortho intramolecular Hbond substituents is 1. The first-order valence-electron chi connectivity index (χ1n) is 6.86. The Labute approximate surface area is 132 Å². The van der Waals surface area contributed by atoms with Crippen molar-refractivity contribution in [2.24, 2.45) is 0 Å². The van der Waals surface area contributed by atoms with Crippen molar-refractivity contribution in [1.29, 1.82) is 0 Å². The smallest absolute Gasteiger partial charge is 0.170 e. The van der Waals surface area contributed by atoms with Crippen molar-refractivity contribution in [1.82, 2.24) is 0 Å². The van der Waals surface area contributed by atoms with Gasteiger partial charge in [0.25, 0.3) is 0 Å². The Balaban J connectivity index is 2.01. The highest BCUT2D eigenvalue weighted by Gasteiger charge is 2.10. The van der Waals surface area contributed by atoms with Crippen molar-refractivity contribution in [3.05, 3.63) is 65.5 Å². The number of carbonyl (C=O) groups is 2. The molecule has 2 aromatic carbocycles. The number of aromatic hydroxyl groups is 1. The van der Waals surface area contributed by atoms with Crippen LogP contribution < -0.4 is 4.74 Å². The van der Waals surface area contributed by atoms with Crippen molar-refractivity contribution in [3.8, 4) is 11.5 Å². The first-order valence-corrected chi connectivity index (χ1v) is 6.86. The van der Waals surface area contributed by atoms with Crippen LogP contribution in [0.1, 0.15) is 22.3 Å². The molecule has 23 heavy (non-hydrogen) atoms. The van der Waals surface area contributed by atoms with E-state index in [1.54, 1.807) is 12.1 Å². The van der Waals surface area contributed by atoms with Gasteiger partial charge in [0.05, 0.1) is 13.5 Å². The zero-order valence-electron chi connectivity index (χ0n) is 12.5. The number of methoxy groups -OCH3 is 1. The lowest BCUT2D eigenvalue weighted by molar-refractivity contribution is -0.113. The summed E-state index contributed by atoms with van der Waals surface area (Å²) in [6, 6.07) is 9.68. The molecule has 2 aromatic rings. The predicted octanol–water partition coefficient (Wildman–Crippen LogP) is 3.40. The molecule has 0 aliphatic heterocycles. The van der Waals surface area contributed by atoms with Gasteiger partial charge >= 0.3 is 0 Å². The van der Waals surface area contributed by atoms with Gasteiger partial charge in [-0.25, -0.2) is 4.39 Å². The van der Waals surface area contributed by atoms with Crippen molar-refractivity contribution < 1.29 is 23.8 Å². The molecule has 0 fully saturated rings. The van der Waals surface area contributed by atoms with Gasteiger partial charge in [0.2, 0.25) is 0 Å². The number of carbonyl (C=O) groups excluding carboxylic acids is 2. The molecular weight excluding hydrogens is 299 g/mol. The van der Waals surface area contributed by atoms with Gasteiger partial charge in [-0.05, 0) is 48.0 Å². The van der Waals surface area contributed by atoms with Gasteiger partial charge in [-0.15, -0.1) is 0 Å². The second-order valence-electron chi connectivity index (χ2n) is 4.84. The molecule has 0 aliphatic rings. The first kappa shape index (κ1) is 16.4. The summed E-state index contributed by atoms with van der Waals surface area (Å²) in [7, 11) is 1.43. The molecule has 0 atom stereocenters. The highest BCUT2D eigenvalue weighted by atomic mass is 19.1. The number of hydrogen-bond acceptors (Lipinski definition) is 4. The number of ether oxygens (including phenoxy) is 1. The molecule has 0 amide bonds. The topological polar surface area (TPSA) is 63.6 Å². The second-order valence-corrected chi connectivity index (χ2v) is 4.84. The third kappa shape index (κ3) is 4.51. The van der Waals surface area contributed by atoms with Crippen LogP contribution >= 0.6 is 0 Å². The van der Waals surface area contributed by atoms with Crippen LogP contribution in [0.2, 0.25) is 0 Å². The Morgan fingerprint density at radius 1 is 1.17 bits per heavy atom. The van der Waals surface area contributed by atoms with Crippen LogP contribution in [0.5, 0.6) is 11.5 Å². The lowest BCUT2D eigenvalue weighted by Gasteiger charge is -2.03. The minimum absolute atomic E-state index is 0.00228. The van der Waals surface area contributed by atoms with Gasteiger partial charge in [0, 0.05) is 5.56 Å². The van der Waals surface area contributed by atoms with E-state index < -0.39 is 5.82 Å². The molecule has 0 aliphatic carbocycles. The Bertz CT molecular complexity index is 748. The molecule has 118 valence electrons.